The van der Waals surface area contributed by atoms with Crippen molar-refractivity contribution in [3.05, 3.63) is 0 Å². The second-order valence-electron chi connectivity index (χ2n) is 6.20. The van der Waals surface area contributed by atoms with Crippen molar-refractivity contribution in [2.24, 2.45) is 5.41 Å². The molecule has 0 aromatic rings. The van der Waals surface area contributed by atoms with Gasteiger partial charge in [-0.1, -0.05) is 20.8 Å². The minimum absolute atomic E-state index is 0.116. The summed E-state index contributed by atoms with van der Waals surface area (Å²) < 4.78 is 11.2. The first-order chi connectivity index (χ1) is 6.72. The van der Waals surface area contributed by atoms with Crippen molar-refractivity contribution in [2.75, 3.05) is 26.4 Å². The van der Waals surface area contributed by atoms with E-state index in [0.29, 0.717) is 19.8 Å². The van der Waals surface area contributed by atoms with E-state index in [1.807, 2.05) is 0 Å². The standard InChI is InChI=1S/C11H24O3Si/c1-10(2,3)15(4,5)14-9-11(6-12)7-13-8-11/h12H,6-9H2,1-5H3. The van der Waals surface area contributed by atoms with E-state index in [2.05, 4.69) is 33.9 Å². The highest BCUT2D eigenvalue weighted by atomic mass is 28.4. The zero-order valence-corrected chi connectivity index (χ0v) is 11.6. The predicted molar refractivity (Wildman–Crippen MR) is 63.5 cm³/mol. The van der Waals surface area contributed by atoms with Crippen LogP contribution in [0.15, 0.2) is 0 Å². The van der Waals surface area contributed by atoms with Gasteiger partial charge in [-0.15, -0.1) is 0 Å². The zero-order valence-electron chi connectivity index (χ0n) is 10.6. The molecule has 3 nitrogen and oxygen atoms in total. The minimum atomic E-state index is -1.68. The molecule has 1 heterocycles. The molecule has 0 radical (unpaired) electrons. The Hall–Kier alpha value is 0.0969. The molecule has 1 rings (SSSR count). The number of hydrogen-bond acceptors (Lipinski definition) is 3. The normalized spacial score (nSPS) is 21.2. The van der Waals surface area contributed by atoms with Gasteiger partial charge in [0.1, 0.15) is 0 Å². The summed E-state index contributed by atoms with van der Waals surface area (Å²) in [6.45, 7) is 13.2. The van der Waals surface area contributed by atoms with Crippen molar-refractivity contribution in [3.63, 3.8) is 0 Å². The number of ether oxygens (including phenoxy) is 1. The summed E-state index contributed by atoms with van der Waals surface area (Å²) in [6.07, 6.45) is 0. The van der Waals surface area contributed by atoms with Crippen LogP contribution in [0, 0.1) is 5.41 Å². The van der Waals surface area contributed by atoms with E-state index in [9.17, 15) is 5.11 Å². The van der Waals surface area contributed by atoms with Gasteiger partial charge < -0.3 is 14.3 Å². The fourth-order valence-corrected chi connectivity index (χ4v) is 2.26. The van der Waals surface area contributed by atoms with Crippen molar-refractivity contribution in [2.45, 2.75) is 38.9 Å². The third-order valence-electron chi connectivity index (χ3n) is 3.70. The number of hydrogen-bond donors (Lipinski definition) is 1. The van der Waals surface area contributed by atoms with Crippen LogP contribution >= 0.6 is 0 Å². The second kappa shape index (κ2) is 4.16. The van der Waals surface area contributed by atoms with E-state index >= 15 is 0 Å². The van der Waals surface area contributed by atoms with Crippen LogP contribution in [0.3, 0.4) is 0 Å². The van der Waals surface area contributed by atoms with Gasteiger partial charge in [0.2, 0.25) is 0 Å². The Balaban J connectivity index is 2.49. The molecule has 1 saturated heterocycles. The summed E-state index contributed by atoms with van der Waals surface area (Å²) in [6, 6.07) is 0. The molecular formula is C11H24O3Si. The lowest BCUT2D eigenvalue weighted by atomic mass is 9.88. The van der Waals surface area contributed by atoms with Crippen molar-refractivity contribution in [1.29, 1.82) is 0 Å². The van der Waals surface area contributed by atoms with Gasteiger partial charge in [-0.2, -0.15) is 0 Å². The van der Waals surface area contributed by atoms with E-state index in [4.69, 9.17) is 9.16 Å². The number of aliphatic hydroxyl groups excluding tert-OH is 1. The van der Waals surface area contributed by atoms with Crippen LogP contribution in [0.5, 0.6) is 0 Å². The Morgan fingerprint density at radius 2 is 1.87 bits per heavy atom. The van der Waals surface area contributed by atoms with Crippen molar-refractivity contribution in [3.8, 4) is 0 Å². The summed E-state index contributed by atoms with van der Waals surface area (Å²) in [4.78, 5) is 0. The van der Waals surface area contributed by atoms with Gasteiger partial charge in [-0.3, -0.25) is 0 Å². The lowest BCUT2D eigenvalue weighted by molar-refractivity contribution is -0.155. The third kappa shape index (κ3) is 2.81. The zero-order chi connectivity index (χ0) is 11.7. The van der Waals surface area contributed by atoms with Gasteiger partial charge in [0.25, 0.3) is 0 Å². The summed E-state index contributed by atoms with van der Waals surface area (Å²) in [7, 11) is -1.68. The minimum Gasteiger partial charge on any atom is -0.416 e. The molecule has 4 heteroatoms. The van der Waals surface area contributed by atoms with Gasteiger partial charge in [-0.05, 0) is 18.1 Å². The topological polar surface area (TPSA) is 38.7 Å². The summed E-state index contributed by atoms with van der Waals surface area (Å²) in [5.41, 5.74) is -0.116. The number of rotatable bonds is 4. The van der Waals surface area contributed by atoms with Crippen molar-refractivity contribution < 1.29 is 14.3 Å². The molecule has 0 unspecified atom stereocenters. The molecule has 1 aliphatic rings. The molecule has 90 valence electrons. The Morgan fingerprint density at radius 3 is 2.13 bits per heavy atom. The largest absolute Gasteiger partial charge is 0.416 e. The predicted octanol–water partition coefficient (Wildman–Crippen LogP) is 2.02. The average Bonchev–Trinajstić information content (AvgIpc) is 2.00. The molecular weight excluding hydrogens is 208 g/mol. The molecule has 0 aromatic heterocycles. The second-order valence-corrected chi connectivity index (χ2v) is 11.0. The highest BCUT2D eigenvalue weighted by Crippen LogP contribution is 2.38. The van der Waals surface area contributed by atoms with E-state index in [0.717, 1.165) is 0 Å². The molecule has 0 saturated carbocycles. The molecule has 1 N–H and O–H groups in total. The van der Waals surface area contributed by atoms with E-state index in [1.54, 1.807) is 0 Å². The van der Waals surface area contributed by atoms with Crippen LogP contribution in [0.2, 0.25) is 18.1 Å². The molecule has 1 aliphatic heterocycles. The summed E-state index contributed by atoms with van der Waals surface area (Å²) in [5.74, 6) is 0. The molecule has 0 amide bonds. The average molecular weight is 232 g/mol. The molecule has 0 atom stereocenters. The molecule has 0 bridgehead atoms. The monoisotopic (exact) mass is 232 g/mol. The van der Waals surface area contributed by atoms with Gasteiger partial charge in [-0.25, -0.2) is 0 Å². The quantitative estimate of drug-likeness (QED) is 0.754. The van der Waals surface area contributed by atoms with E-state index in [1.165, 1.54) is 0 Å². The summed E-state index contributed by atoms with van der Waals surface area (Å²) in [5, 5.41) is 9.52. The SMILES string of the molecule is CC(C)(C)[Si](C)(C)OCC1(CO)COC1. The maximum absolute atomic E-state index is 9.29. The fraction of sp³-hybridized carbons (Fsp3) is 1.00. The molecule has 0 spiro atoms. The maximum atomic E-state index is 9.29. The van der Waals surface area contributed by atoms with Crippen molar-refractivity contribution >= 4 is 8.32 Å². The molecule has 15 heavy (non-hydrogen) atoms. The Bertz CT molecular complexity index is 211. The molecule has 1 fully saturated rings. The van der Waals surface area contributed by atoms with Crippen LogP contribution in [-0.2, 0) is 9.16 Å². The van der Waals surface area contributed by atoms with E-state index < -0.39 is 8.32 Å². The van der Waals surface area contributed by atoms with Gasteiger partial charge in [0, 0.05) is 6.61 Å². The van der Waals surface area contributed by atoms with Gasteiger partial charge >= 0.3 is 0 Å². The maximum Gasteiger partial charge on any atom is 0.192 e. The Morgan fingerprint density at radius 1 is 1.33 bits per heavy atom. The first-order valence-corrected chi connectivity index (χ1v) is 8.46. The highest BCUT2D eigenvalue weighted by Gasteiger charge is 2.43. The lowest BCUT2D eigenvalue weighted by Crippen LogP contribution is -2.53. The first kappa shape index (κ1) is 13.2. The van der Waals surface area contributed by atoms with Crippen LogP contribution in [0.4, 0.5) is 0 Å². The van der Waals surface area contributed by atoms with Crippen LogP contribution < -0.4 is 0 Å². The van der Waals surface area contributed by atoms with Gasteiger partial charge in [0.15, 0.2) is 8.32 Å². The third-order valence-corrected chi connectivity index (χ3v) is 8.18. The molecule has 0 aromatic carbocycles. The Labute approximate surface area is 93.9 Å². The smallest absolute Gasteiger partial charge is 0.192 e. The number of aliphatic hydroxyl groups is 1. The van der Waals surface area contributed by atoms with E-state index in [-0.39, 0.29) is 17.1 Å². The fourth-order valence-electron chi connectivity index (χ4n) is 1.16. The highest BCUT2D eigenvalue weighted by molar-refractivity contribution is 6.74. The van der Waals surface area contributed by atoms with Crippen molar-refractivity contribution in [1.82, 2.24) is 0 Å². The van der Waals surface area contributed by atoms with Crippen LogP contribution in [-0.4, -0.2) is 39.9 Å². The summed E-state index contributed by atoms with van der Waals surface area (Å²) >= 11 is 0. The molecule has 0 aliphatic carbocycles. The Kier molecular flexibility index (Phi) is 3.65. The van der Waals surface area contributed by atoms with Gasteiger partial charge in [0.05, 0.1) is 25.2 Å². The lowest BCUT2D eigenvalue weighted by Gasteiger charge is -2.44. The van der Waals surface area contributed by atoms with Crippen LogP contribution in [0.1, 0.15) is 20.8 Å². The first-order valence-electron chi connectivity index (χ1n) is 5.55. The van der Waals surface area contributed by atoms with Crippen LogP contribution in [0.25, 0.3) is 0 Å².